The molecule has 1 amide bonds. The molecular formula is C12H15NO4. The lowest BCUT2D eigenvalue weighted by atomic mass is 10.2. The Morgan fingerprint density at radius 1 is 1.47 bits per heavy atom. The van der Waals surface area contributed by atoms with Gasteiger partial charge in [0.05, 0.1) is 5.56 Å². The van der Waals surface area contributed by atoms with Gasteiger partial charge in [-0.25, -0.2) is 4.79 Å². The average molecular weight is 237 g/mol. The highest BCUT2D eigenvalue weighted by Crippen LogP contribution is 2.12. The first-order chi connectivity index (χ1) is 8.04. The monoisotopic (exact) mass is 237 g/mol. The molecule has 0 saturated carbocycles. The highest BCUT2D eigenvalue weighted by Gasteiger charge is 2.18. The first-order valence-electron chi connectivity index (χ1n) is 5.32. The van der Waals surface area contributed by atoms with Gasteiger partial charge in [0.2, 0.25) is 0 Å². The van der Waals surface area contributed by atoms with Crippen molar-refractivity contribution in [2.45, 2.75) is 20.0 Å². The Hall–Kier alpha value is -2.04. The van der Waals surface area contributed by atoms with Crippen LogP contribution in [0.4, 0.5) is 0 Å². The lowest BCUT2D eigenvalue weighted by Gasteiger charge is -2.12. The predicted molar refractivity (Wildman–Crippen MR) is 61.7 cm³/mol. The SMILES string of the molecule is CCNC(=O)[C@@H](C)OC(=O)c1cccc(O)c1. The Labute approximate surface area is 99.4 Å². The molecule has 0 unspecified atom stereocenters. The van der Waals surface area contributed by atoms with Crippen molar-refractivity contribution in [2.24, 2.45) is 0 Å². The van der Waals surface area contributed by atoms with Crippen LogP contribution in [0.5, 0.6) is 5.75 Å². The molecule has 0 aliphatic heterocycles. The molecule has 0 spiro atoms. The number of aromatic hydroxyl groups is 1. The maximum atomic E-state index is 11.6. The largest absolute Gasteiger partial charge is 0.508 e. The first-order valence-corrected chi connectivity index (χ1v) is 5.32. The molecule has 1 aromatic carbocycles. The van der Waals surface area contributed by atoms with Crippen molar-refractivity contribution in [3.05, 3.63) is 29.8 Å². The maximum Gasteiger partial charge on any atom is 0.339 e. The number of likely N-dealkylation sites (N-methyl/N-ethyl adjacent to an activating group) is 1. The van der Waals surface area contributed by atoms with Crippen molar-refractivity contribution in [2.75, 3.05) is 6.54 Å². The minimum absolute atomic E-state index is 0.0230. The highest BCUT2D eigenvalue weighted by molar-refractivity contribution is 5.92. The molecule has 17 heavy (non-hydrogen) atoms. The topological polar surface area (TPSA) is 75.6 Å². The molecule has 0 radical (unpaired) electrons. The van der Waals surface area contributed by atoms with Crippen molar-refractivity contribution in [3.8, 4) is 5.75 Å². The predicted octanol–water partition coefficient (Wildman–Crippen LogP) is 1.07. The zero-order valence-corrected chi connectivity index (χ0v) is 9.77. The number of hydrogen-bond acceptors (Lipinski definition) is 4. The van der Waals surface area contributed by atoms with Crippen LogP contribution in [-0.4, -0.2) is 29.6 Å². The van der Waals surface area contributed by atoms with E-state index in [9.17, 15) is 14.7 Å². The summed E-state index contributed by atoms with van der Waals surface area (Å²) in [5.74, 6) is -1.01. The number of ether oxygens (including phenoxy) is 1. The molecule has 0 fully saturated rings. The van der Waals surface area contributed by atoms with Gasteiger partial charge < -0.3 is 15.2 Å². The zero-order valence-electron chi connectivity index (χ0n) is 9.77. The van der Waals surface area contributed by atoms with Gasteiger partial charge in [0.15, 0.2) is 6.10 Å². The van der Waals surface area contributed by atoms with Gasteiger partial charge in [0, 0.05) is 6.54 Å². The minimum Gasteiger partial charge on any atom is -0.508 e. The van der Waals surface area contributed by atoms with Crippen molar-refractivity contribution in [1.82, 2.24) is 5.32 Å². The molecule has 5 nitrogen and oxygen atoms in total. The third-order valence-corrected chi connectivity index (χ3v) is 2.09. The van der Waals surface area contributed by atoms with Crippen LogP contribution in [-0.2, 0) is 9.53 Å². The second-order valence-corrected chi connectivity index (χ2v) is 3.49. The van der Waals surface area contributed by atoms with Crippen LogP contribution in [0.1, 0.15) is 24.2 Å². The lowest BCUT2D eigenvalue weighted by molar-refractivity contribution is -0.128. The third-order valence-electron chi connectivity index (χ3n) is 2.09. The average Bonchev–Trinajstić information content (AvgIpc) is 2.29. The van der Waals surface area contributed by atoms with Crippen LogP contribution in [0.2, 0.25) is 0 Å². The van der Waals surface area contributed by atoms with E-state index in [1.54, 1.807) is 6.92 Å². The van der Waals surface area contributed by atoms with E-state index in [1.165, 1.54) is 31.2 Å². The molecule has 0 heterocycles. The molecule has 5 heteroatoms. The van der Waals surface area contributed by atoms with E-state index in [4.69, 9.17) is 4.74 Å². The number of phenols is 1. The van der Waals surface area contributed by atoms with Gasteiger partial charge in [0.25, 0.3) is 5.91 Å². The number of amides is 1. The van der Waals surface area contributed by atoms with Crippen LogP contribution >= 0.6 is 0 Å². The number of esters is 1. The molecule has 1 atom stereocenters. The number of carbonyl (C=O) groups excluding carboxylic acids is 2. The Balaban J connectivity index is 2.63. The maximum absolute atomic E-state index is 11.6. The summed E-state index contributed by atoms with van der Waals surface area (Å²) in [4.78, 5) is 22.9. The zero-order chi connectivity index (χ0) is 12.8. The first kappa shape index (κ1) is 13.0. The molecule has 1 aromatic rings. The fourth-order valence-corrected chi connectivity index (χ4v) is 1.23. The molecule has 92 valence electrons. The van der Waals surface area contributed by atoms with E-state index in [-0.39, 0.29) is 17.2 Å². The quantitative estimate of drug-likeness (QED) is 0.768. The summed E-state index contributed by atoms with van der Waals surface area (Å²) in [6, 6.07) is 5.77. The molecule has 0 aliphatic carbocycles. The van der Waals surface area contributed by atoms with Crippen molar-refractivity contribution in [3.63, 3.8) is 0 Å². The Morgan fingerprint density at radius 2 is 2.18 bits per heavy atom. The van der Waals surface area contributed by atoms with Gasteiger partial charge in [-0.15, -0.1) is 0 Å². The van der Waals surface area contributed by atoms with Crippen LogP contribution in [0.3, 0.4) is 0 Å². The van der Waals surface area contributed by atoms with Crippen molar-refractivity contribution in [1.29, 1.82) is 0 Å². The second-order valence-electron chi connectivity index (χ2n) is 3.49. The van der Waals surface area contributed by atoms with Gasteiger partial charge >= 0.3 is 5.97 Å². The fourth-order valence-electron chi connectivity index (χ4n) is 1.23. The molecular weight excluding hydrogens is 222 g/mol. The number of rotatable bonds is 4. The van der Waals surface area contributed by atoms with Crippen LogP contribution in [0.25, 0.3) is 0 Å². The lowest BCUT2D eigenvalue weighted by Crippen LogP contribution is -2.35. The van der Waals surface area contributed by atoms with Gasteiger partial charge in [-0.05, 0) is 32.0 Å². The minimum atomic E-state index is -0.857. The second kappa shape index (κ2) is 5.89. The van der Waals surface area contributed by atoms with Gasteiger partial charge in [-0.1, -0.05) is 6.07 Å². The molecule has 2 N–H and O–H groups in total. The summed E-state index contributed by atoms with van der Waals surface area (Å²) in [5, 5.41) is 11.8. The molecule has 0 saturated heterocycles. The van der Waals surface area contributed by atoms with Crippen LogP contribution in [0.15, 0.2) is 24.3 Å². The molecule has 0 bridgehead atoms. The van der Waals surface area contributed by atoms with E-state index >= 15 is 0 Å². The van der Waals surface area contributed by atoms with Gasteiger partial charge in [-0.3, -0.25) is 4.79 Å². The van der Waals surface area contributed by atoms with Crippen molar-refractivity contribution < 1.29 is 19.4 Å². The summed E-state index contributed by atoms with van der Waals surface area (Å²) in [5.41, 5.74) is 0.209. The Morgan fingerprint density at radius 3 is 2.76 bits per heavy atom. The molecule has 0 aliphatic rings. The van der Waals surface area contributed by atoms with E-state index in [1.807, 2.05) is 0 Å². The van der Waals surface area contributed by atoms with Crippen LogP contribution in [0, 0.1) is 0 Å². The summed E-state index contributed by atoms with van der Waals surface area (Å²) in [7, 11) is 0. The summed E-state index contributed by atoms with van der Waals surface area (Å²) in [6.45, 7) is 3.75. The van der Waals surface area contributed by atoms with Crippen LogP contribution < -0.4 is 5.32 Å². The van der Waals surface area contributed by atoms with E-state index in [0.29, 0.717) is 6.54 Å². The molecule has 1 rings (SSSR count). The normalized spacial score (nSPS) is 11.6. The van der Waals surface area contributed by atoms with Gasteiger partial charge in [0.1, 0.15) is 5.75 Å². The van der Waals surface area contributed by atoms with E-state index in [0.717, 1.165) is 0 Å². The number of carbonyl (C=O) groups is 2. The number of hydrogen-bond donors (Lipinski definition) is 2. The number of benzene rings is 1. The number of nitrogens with one attached hydrogen (secondary N) is 1. The Kier molecular flexibility index (Phi) is 4.51. The fraction of sp³-hybridized carbons (Fsp3) is 0.333. The van der Waals surface area contributed by atoms with E-state index < -0.39 is 12.1 Å². The highest BCUT2D eigenvalue weighted by atomic mass is 16.5. The molecule has 0 aromatic heterocycles. The number of phenolic OH excluding ortho intramolecular Hbond substituents is 1. The van der Waals surface area contributed by atoms with E-state index in [2.05, 4.69) is 5.32 Å². The van der Waals surface area contributed by atoms with Crippen molar-refractivity contribution >= 4 is 11.9 Å². The smallest absolute Gasteiger partial charge is 0.339 e. The Bertz CT molecular complexity index is 417. The standard InChI is InChI=1S/C12H15NO4/c1-3-13-11(15)8(2)17-12(16)9-5-4-6-10(14)7-9/h4-8,14H,3H2,1-2H3,(H,13,15)/t8-/m1/s1. The summed E-state index contributed by atoms with van der Waals surface area (Å²) in [6.07, 6.45) is -0.857. The van der Waals surface area contributed by atoms with Gasteiger partial charge in [-0.2, -0.15) is 0 Å². The summed E-state index contributed by atoms with van der Waals surface area (Å²) >= 11 is 0. The third kappa shape index (κ3) is 3.79. The summed E-state index contributed by atoms with van der Waals surface area (Å²) < 4.78 is 4.94.